The molecule has 0 aliphatic carbocycles. The fourth-order valence-electron chi connectivity index (χ4n) is 4.96. The van der Waals surface area contributed by atoms with Crippen molar-refractivity contribution in [1.29, 1.82) is 0 Å². The predicted octanol–water partition coefficient (Wildman–Crippen LogP) is 3.90. The first-order valence-electron chi connectivity index (χ1n) is 13.3. The molecule has 1 aromatic carbocycles. The van der Waals surface area contributed by atoms with Gasteiger partial charge in [-0.05, 0) is 49.3 Å². The highest BCUT2D eigenvalue weighted by Gasteiger charge is 2.25. The maximum Gasteiger partial charge on any atom is 0.314 e. The van der Waals surface area contributed by atoms with E-state index in [1.54, 1.807) is 17.0 Å². The van der Waals surface area contributed by atoms with Gasteiger partial charge < -0.3 is 26.4 Å². The minimum absolute atomic E-state index is 0.0389. The number of phenols is 1. The van der Waals surface area contributed by atoms with Gasteiger partial charge in [0.1, 0.15) is 5.75 Å². The van der Waals surface area contributed by atoms with Crippen LogP contribution in [-0.2, 0) is 24.9 Å². The van der Waals surface area contributed by atoms with Gasteiger partial charge in [0.15, 0.2) is 5.65 Å². The van der Waals surface area contributed by atoms with E-state index >= 15 is 0 Å². The molecular weight excluding hydrogens is 482 g/mol. The number of aromatic hydroxyl groups is 1. The fraction of sp³-hybridized carbons (Fsp3) is 0.500. The lowest BCUT2D eigenvalue weighted by Gasteiger charge is -2.32. The quantitative estimate of drug-likeness (QED) is 0.372. The number of fused-ring (bicyclic) bond motifs is 1. The zero-order valence-corrected chi connectivity index (χ0v) is 23.0. The summed E-state index contributed by atoms with van der Waals surface area (Å²) in [6.45, 7) is 12.4. The zero-order chi connectivity index (χ0) is 27.6. The molecule has 0 bridgehead atoms. The molecule has 38 heavy (non-hydrogen) atoms. The lowest BCUT2D eigenvalue weighted by molar-refractivity contribution is 0.0948. The Labute approximate surface area is 223 Å². The number of benzene rings is 1. The summed E-state index contributed by atoms with van der Waals surface area (Å²) in [5, 5.41) is 22.7. The highest BCUT2D eigenvalue weighted by molar-refractivity contribution is 5.97. The largest absolute Gasteiger partial charge is 0.507 e. The van der Waals surface area contributed by atoms with Crippen LogP contribution in [-0.4, -0.2) is 55.8 Å². The predicted molar refractivity (Wildman–Crippen MR) is 148 cm³/mol. The van der Waals surface area contributed by atoms with Gasteiger partial charge in [0, 0.05) is 43.5 Å². The highest BCUT2D eigenvalue weighted by Crippen LogP contribution is 2.32. The minimum atomic E-state index is -0.394. The topological polar surface area (TPSA) is 138 Å². The van der Waals surface area contributed by atoms with E-state index in [0.717, 1.165) is 46.4 Å². The molecule has 3 aromatic rings. The number of carbonyl (C=O) groups is 2. The summed E-state index contributed by atoms with van der Waals surface area (Å²) in [7, 11) is 0. The molecule has 1 aliphatic heterocycles. The number of urea groups is 1. The number of amides is 3. The summed E-state index contributed by atoms with van der Waals surface area (Å²) < 4.78 is 1.87. The molecule has 1 aliphatic rings. The van der Waals surface area contributed by atoms with Crippen LogP contribution in [0.2, 0.25) is 0 Å². The van der Waals surface area contributed by atoms with Crippen molar-refractivity contribution in [1.82, 2.24) is 25.0 Å². The van der Waals surface area contributed by atoms with Gasteiger partial charge in [-0.25, -0.2) is 14.5 Å². The number of hydrogen-bond acceptors (Lipinski definition) is 6. The molecule has 1 fully saturated rings. The molecule has 4 rings (SSSR count). The van der Waals surface area contributed by atoms with Crippen LogP contribution in [0.25, 0.3) is 11.0 Å². The number of anilines is 1. The van der Waals surface area contributed by atoms with Crippen molar-refractivity contribution >= 4 is 28.7 Å². The summed E-state index contributed by atoms with van der Waals surface area (Å²) in [6, 6.07) is 4.95. The molecule has 10 heteroatoms. The Morgan fingerprint density at radius 1 is 1.18 bits per heavy atom. The first-order valence-corrected chi connectivity index (χ1v) is 13.3. The van der Waals surface area contributed by atoms with Gasteiger partial charge in [0.25, 0.3) is 5.91 Å². The van der Waals surface area contributed by atoms with E-state index < -0.39 is 6.03 Å². The number of piperidine rings is 1. The van der Waals surface area contributed by atoms with Crippen molar-refractivity contribution < 1.29 is 14.7 Å². The zero-order valence-electron chi connectivity index (χ0n) is 23.0. The third-order valence-corrected chi connectivity index (χ3v) is 7.30. The number of carbonyl (C=O) groups excluding carboxylic acids is 2. The van der Waals surface area contributed by atoms with Crippen molar-refractivity contribution in [3.63, 3.8) is 0 Å². The number of primary amides is 1. The van der Waals surface area contributed by atoms with E-state index in [1.165, 1.54) is 0 Å². The van der Waals surface area contributed by atoms with Crippen LogP contribution in [0.5, 0.6) is 5.75 Å². The van der Waals surface area contributed by atoms with Gasteiger partial charge in [-0.15, -0.1) is 0 Å². The maximum absolute atomic E-state index is 13.1. The molecule has 1 saturated heterocycles. The van der Waals surface area contributed by atoms with Gasteiger partial charge in [-0.2, -0.15) is 5.10 Å². The Morgan fingerprint density at radius 2 is 1.89 bits per heavy atom. The molecule has 2 aromatic heterocycles. The number of hydrogen-bond donors (Lipinski definition) is 4. The van der Waals surface area contributed by atoms with Gasteiger partial charge in [-0.1, -0.05) is 33.8 Å². The van der Waals surface area contributed by atoms with Crippen molar-refractivity contribution in [2.24, 2.45) is 5.73 Å². The van der Waals surface area contributed by atoms with Crippen LogP contribution in [0, 0.1) is 0 Å². The second kappa shape index (κ2) is 10.9. The van der Waals surface area contributed by atoms with Crippen molar-refractivity contribution in [3.05, 3.63) is 46.8 Å². The summed E-state index contributed by atoms with van der Waals surface area (Å²) >= 11 is 0. The number of nitrogens with one attached hydrogen (secondary N) is 2. The van der Waals surface area contributed by atoms with E-state index in [9.17, 15) is 14.7 Å². The van der Waals surface area contributed by atoms with Gasteiger partial charge in [0.05, 0.1) is 22.8 Å². The van der Waals surface area contributed by atoms with Gasteiger partial charge in [-0.3, -0.25) is 4.79 Å². The first-order chi connectivity index (χ1) is 18.0. The van der Waals surface area contributed by atoms with E-state index in [2.05, 4.69) is 36.5 Å². The van der Waals surface area contributed by atoms with Crippen LogP contribution in [0.1, 0.15) is 74.6 Å². The van der Waals surface area contributed by atoms with Crippen LogP contribution in [0.15, 0.2) is 24.4 Å². The lowest BCUT2D eigenvalue weighted by atomic mass is 9.86. The lowest BCUT2D eigenvalue weighted by Crippen LogP contribution is -2.44. The molecule has 10 nitrogen and oxygen atoms in total. The molecule has 0 spiro atoms. The average Bonchev–Trinajstić information content (AvgIpc) is 3.30. The number of phenolic OH excluding ortho intramolecular Hbond substituents is 1. The van der Waals surface area contributed by atoms with E-state index in [-0.39, 0.29) is 35.2 Å². The molecule has 0 unspecified atom stereocenters. The van der Waals surface area contributed by atoms with Crippen LogP contribution < -0.4 is 16.4 Å². The Balaban J connectivity index is 1.64. The smallest absolute Gasteiger partial charge is 0.314 e. The maximum atomic E-state index is 13.1. The van der Waals surface area contributed by atoms with Crippen molar-refractivity contribution in [2.45, 2.75) is 78.4 Å². The molecule has 0 atom stereocenters. The second-order valence-electron chi connectivity index (χ2n) is 10.9. The molecule has 0 saturated carbocycles. The molecule has 5 N–H and O–H groups in total. The normalized spacial score (nSPS) is 14.6. The monoisotopic (exact) mass is 521 g/mol. The van der Waals surface area contributed by atoms with Gasteiger partial charge >= 0.3 is 6.03 Å². The standard InChI is InChI=1S/C28H39N7O3/c1-6-22-20(15-30-26(37)19-9-8-17(14-23(19)36)28(3,4)5)24(21-16-31-35(7-2)25(21)33-22)32-18-10-12-34(13-11-18)27(29)38/h8-9,14,16,18,36H,6-7,10-13,15H2,1-5H3,(H2,29,38)(H,30,37)(H,32,33). The first kappa shape index (κ1) is 27.2. The number of nitrogens with zero attached hydrogens (tertiary/aromatic N) is 4. The summed E-state index contributed by atoms with van der Waals surface area (Å²) in [5.74, 6) is -0.391. The molecule has 3 amide bonds. The minimum Gasteiger partial charge on any atom is -0.507 e. The highest BCUT2D eigenvalue weighted by atomic mass is 16.3. The van der Waals surface area contributed by atoms with E-state index in [4.69, 9.17) is 10.7 Å². The average molecular weight is 522 g/mol. The van der Waals surface area contributed by atoms with E-state index in [1.807, 2.05) is 30.8 Å². The van der Waals surface area contributed by atoms with Crippen LogP contribution >= 0.6 is 0 Å². The Morgan fingerprint density at radius 3 is 2.47 bits per heavy atom. The number of aromatic nitrogens is 3. The summed E-state index contributed by atoms with van der Waals surface area (Å²) in [6.07, 6.45) is 4.01. The van der Waals surface area contributed by atoms with Crippen LogP contribution in [0.3, 0.4) is 0 Å². The third-order valence-electron chi connectivity index (χ3n) is 7.30. The SMILES string of the molecule is CCc1nc2c(cnn2CC)c(NC2CCN(C(N)=O)CC2)c1CNC(=O)c1ccc(C(C)(C)C)cc1O. The number of likely N-dealkylation sites (tertiary alicyclic amines) is 1. The third kappa shape index (κ3) is 5.54. The van der Waals surface area contributed by atoms with Gasteiger partial charge in [0.2, 0.25) is 0 Å². The van der Waals surface area contributed by atoms with Crippen molar-refractivity contribution in [3.8, 4) is 5.75 Å². The number of pyridine rings is 1. The summed E-state index contributed by atoms with van der Waals surface area (Å²) in [4.78, 5) is 31.3. The van der Waals surface area contributed by atoms with Crippen molar-refractivity contribution in [2.75, 3.05) is 18.4 Å². The Kier molecular flexibility index (Phi) is 7.80. The number of nitrogens with two attached hydrogens (primary N) is 1. The number of rotatable bonds is 7. The molecule has 3 heterocycles. The number of aryl methyl sites for hydroxylation is 2. The van der Waals surface area contributed by atoms with E-state index in [0.29, 0.717) is 26.1 Å². The molecular formula is C28H39N7O3. The summed E-state index contributed by atoms with van der Waals surface area (Å²) in [5.41, 5.74) is 9.98. The fourth-order valence-corrected chi connectivity index (χ4v) is 4.96. The van der Waals surface area contributed by atoms with Crippen LogP contribution in [0.4, 0.5) is 10.5 Å². The molecule has 204 valence electrons. The molecule has 0 radical (unpaired) electrons. The second-order valence-corrected chi connectivity index (χ2v) is 10.9. The Hall–Kier alpha value is -3.82. The Bertz CT molecular complexity index is 1330.